The first-order valence-electron chi connectivity index (χ1n) is 4.82. The van der Waals surface area contributed by atoms with Crippen molar-refractivity contribution in [3.05, 3.63) is 0 Å². The monoisotopic (exact) mass is 234 g/mol. The number of amides is 1. The van der Waals surface area contributed by atoms with Crippen molar-refractivity contribution >= 4 is 11.9 Å². The Bertz CT molecular complexity index is 254. The molecule has 1 amide bonds. The van der Waals surface area contributed by atoms with Gasteiger partial charge in [0.05, 0.1) is 12.2 Å². The molecule has 0 aromatic heterocycles. The van der Waals surface area contributed by atoms with Crippen LogP contribution in [0.5, 0.6) is 0 Å². The van der Waals surface area contributed by atoms with E-state index in [0.29, 0.717) is 0 Å². The van der Waals surface area contributed by atoms with Gasteiger partial charge in [-0.05, 0) is 6.92 Å². The summed E-state index contributed by atoms with van der Waals surface area (Å²) in [6.45, 7) is 2.21. The molecule has 2 atom stereocenters. The fourth-order valence-corrected chi connectivity index (χ4v) is 0.987. The maximum absolute atomic E-state index is 10.7. The van der Waals surface area contributed by atoms with Gasteiger partial charge in [0.15, 0.2) is 0 Å². The first-order valence-corrected chi connectivity index (χ1v) is 4.82. The number of aliphatic hydroxyl groups excluding tert-OH is 1. The quantitative estimate of drug-likeness (QED) is 0.344. The topological polar surface area (TPSA) is 119 Å². The number of carboxylic acids is 1. The fourth-order valence-electron chi connectivity index (χ4n) is 0.987. The molecule has 7 nitrogen and oxygen atoms in total. The number of aliphatic hydroxyl groups is 2. The van der Waals surface area contributed by atoms with Gasteiger partial charge in [0.2, 0.25) is 5.91 Å². The third kappa shape index (κ3) is 6.33. The second-order valence-electron chi connectivity index (χ2n) is 3.88. The fraction of sp³-hybridized carbons (Fsp3) is 0.778. The maximum Gasteiger partial charge on any atom is 0.327 e. The van der Waals surface area contributed by atoms with Crippen molar-refractivity contribution in [2.45, 2.75) is 25.5 Å². The molecule has 0 saturated heterocycles. The van der Waals surface area contributed by atoms with Gasteiger partial charge in [0.1, 0.15) is 6.04 Å². The number of hydrogen-bond donors (Lipinski definition) is 5. The van der Waals surface area contributed by atoms with E-state index in [0.717, 1.165) is 0 Å². The zero-order valence-corrected chi connectivity index (χ0v) is 9.36. The molecular formula is C9H18N2O5. The second kappa shape index (κ2) is 6.41. The molecule has 2 unspecified atom stereocenters. The molecule has 94 valence electrons. The number of carbonyl (C=O) groups excluding carboxylic acids is 1. The number of carboxylic acid groups (broad SMARTS) is 1. The molecule has 0 aliphatic rings. The maximum atomic E-state index is 10.7. The highest BCUT2D eigenvalue weighted by molar-refractivity contribution is 5.82. The SMILES string of the molecule is CC(=O)NC(CNCC(C)(O)CO)C(=O)O. The summed E-state index contributed by atoms with van der Waals surface area (Å²) in [6.07, 6.45) is 0. The lowest BCUT2D eigenvalue weighted by atomic mass is 10.1. The largest absolute Gasteiger partial charge is 0.480 e. The van der Waals surface area contributed by atoms with E-state index < -0.39 is 30.1 Å². The van der Waals surface area contributed by atoms with Crippen molar-refractivity contribution < 1.29 is 24.9 Å². The van der Waals surface area contributed by atoms with Crippen LogP contribution in [0.4, 0.5) is 0 Å². The summed E-state index contributed by atoms with van der Waals surface area (Å²) in [7, 11) is 0. The van der Waals surface area contributed by atoms with Crippen molar-refractivity contribution in [3.8, 4) is 0 Å². The van der Waals surface area contributed by atoms with Crippen LogP contribution in [0.3, 0.4) is 0 Å². The first kappa shape index (κ1) is 14.8. The minimum absolute atomic E-state index is 0.0228. The molecule has 0 aromatic rings. The van der Waals surface area contributed by atoms with Gasteiger partial charge in [0.25, 0.3) is 0 Å². The number of aliphatic carboxylic acids is 1. The highest BCUT2D eigenvalue weighted by atomic mass is 16.4. The molecule has 0 rings (SSSR count). The molecule has 0 heterocycles. The molecule has 7 heteroatoms. The van der Waals surface area contributed by atoms with Gasteiger partial charge in [0, 0.05) is 20.0 Å². The zero-order valence-electron chi connectivity index (χ0n) is 9.36. The standard InChI is InChI=1S/C9H18N2O5/c1-6(13)11-7(8(14)15)3-10-4-9(2,16)5-12/h7,10,12,16H,3-5H2,1-2H3,(H,11,13)(H,14,15). The van der Waals surface area contributed by atoms with E-state index in [-0.39, 0.29) is 13.1 Å². The summed E-state index contributed by atoms with van der Waals surface area (Å²) < 4.78 is 0. The van der Waals surface area contributed by atoms with Crippen LogP contribution in [-0.2, 0) is 9.59 Å². The van der Waals surface area contributed by atoms with Gasteiger partial charge < -0.3 is 26.0 Å². The van der Waals surface area contributed by atoms with Crippen LogP contribution in [-0.4, -0.2) is 58.5 Å². The summed E-state index contributed by atoms with van der Waals surface area (Å²) in [6, 6.07) is -1.05. The van der Waals surface area contributed by atoms with Crippen molar-refractivity contribution in [2.75, 3.05) is 19.7 Å². The average molecular weight is 234 g/mol. The van der Waals surface area contributed by atoms with Crippen LogP contribution in [0.1, 0.15) is 13.8 Å². The molecule has 0 radical (unpaired) electrons. The Morgan fingerprint density at radius 3 is 2.38 bits per heavy atom. The lowest BCUT2D eigenvalue weighted by Crippen LogP contribution is -2.50. The van der Waals surface area contributed by atoms with Gasteiger partial charge in [-0.1, -0.05) is 0 Å². The lowest BCUT2D eigenvalue weighted by Gasteiger charge is -2.22. The smallest absolute Gasteiger partial charge is 0.327 e. The molecule has 16 heavy (non-hydrogen) atoms. The van der Waals surface area contributed by atoms with E-state index in [2.05, 4.69) is 10.6 Å². The Morgan fingerprint density at radius 1 is 1.44 bits per heavy atom. The van der Waals surface area contributed by atoms with Gasteiger partial charge >= 0.3 is 5.97 Å². The minimum atomic E-state index is -1.31. The Balaban J connectivity index is 4.04. The third-order valence-electron chi connectivity index (χ3n) is 1.87. The molecule has 5 N–H and O–H groups in total. The van der Waals surface area contributed by atoms with Crippen LogP contribution in [0.2, 0.25) is 0 Å². The molecular weight excluding hydrogens is 216 g/mol. The Kier molecular flexibility index (Phi) is 5.94. The van der Waals surface area contributed by atoms with E-state index >= 15 is 0 Å². The average Bonchev–Trinajstić information content (AvgIpc) is 2.15. The minimum Gasteiger partial charge on any atom is -0.480 e. The summed E-state index contributed by atoms with van der Waals surface area (Å²) in [5, 5.41) is 31.8. The van der Waals surface area contributed by atoms with Gasteiger partial charge in [-0.15, -0.1) is 0 Å². The van der Waals surface area contributed by atoms with Gasteiger partial charge in [-0.25, -0.2) is 4.79 Å². The molecule has 0 fully saturated rings. The summed E-state index contributed by atoms with van der Waals surface area (Å²) in [5.74, 6) is -1.60. The molecule has 0 saturated carbocycles. The molecule has 0 aliphatic heterocycles. The number of hydrogen-bond acceptors (Lipinski definition) is 5. The van der Waals surface area contributed by atoms with Crippen molar-refractivity contribution in [1.29, 1.82) is 0 Å². The van der Waals surface area contributed by atoms with E-state index in [1.807, 2.05) is 0 Å². The Morgan fingerprint density at radius 2 is 2.00 bits per heavy atom. The summed E-state index contributed by atoms with van der Waals surface area (Å²) >= 11 is 0. The Labute approximate surface area is 93.5 Å². The van der Waals surface area contributed by atoms with E-state index in [9.17, 15) is 14.7 Å². The van der Waals surface area contributed by atoms with E-state index in [1.54, 1.807) is 0 Å². The van der Waals surface area contributed by atoms with Crippen LogP contribution in [0, 0.1) is 0 Å². The predicted octanol–water partition coefficient (Wildman–Crippen LogP) is -2.09. The first-order chi connectivity index (χ1) is 7.28. The highest BCUT2D eigenvalue weighted by Gasteiger charge is 2.22. The summed E-state index contributed by atoms with van der Waals surface area (Å²) in [4.78, 5) is 21.4. The molecule has 0 aliphatic carbocycles. The number of carbonyl (C=O) groups is 2. The molecule has 0 aromatic carbocycles. The van der Waals surface area contributed by atoms with Crippen molar-refractivity contribution in [3.63, 3.8) is 0 Å². The summed E-state index contributed by atoms with van der Waals surface area (Å²) in [5.41, 5.74) is -1.31. The number of nitrogens with one attached hydrogen (secondary N) is 2. The zero-order chi connectivity index (χ0) is 12.8. The third-order valence-corrected chi connectivity index (χ3v) is 1.87. The normalized spacial score (nSPS) is 16.2. The van der Waals surface area contributed by atoms with Crippen LogP contribution < -0.4 is 10.6 Å². The van der Waals surface area contributed by atoms with Crippen LogP contribution in [0.15, 0.2) is 0 Å². The molecule has 0 bridgehead atoms. The van der Waals surface area contributed by atoms with Crippen molar-refractivity contribution in [1.82, 2.24) is 10.6 Å². The second-order valence-corrected chi connectivity index (χ2v) is 3.88. The van der Waals surface area contributed by atoms with E-state index in [4.69, 9.17) is 10.2 Å². The lowest BCUT2D eigenvalue weighted by molar-refractivity contribution is -0.141. The number of rotatable bonds is 7. The predicted molar refractivity (Wildman–Crippen MR) is 55.8 cm³/mol. The van der Waals surface area contributed by atoms with Gasteiger partial charge in [-0.3, -0.25) is 4.79 Å². The highest BCUT2D eigenvalue weighted by Crippen LogP contribution is 1.98. The van der Waals surface area contributed by atoms with Gasteiger partial charge in [-0.2, -0.15) is 0 Å². The molecule has 0 spiro atoms. The van der Waals surface area contributed by atoms with E-state index in [1.165, 1.54) is 13.8 Å². The Hall–Kier alpha value is -1.18. The van der Waals surface area contributed by atoms with Crippen LogP contribution in [0.25, 0.3) is 0 Å². The van der Waals surface area contributed by atoms with Crippen molar-refractivity contribution in [2.24, 2.45) is 0 Å². The van der Waals surface area contributed by atoms with Crippen LogP contribution >= 0.6 is 0 Å².